The lowest BCUT2D eigenvalue weighted by molar-refractivity contribution is -0.140. The molecule has 1 atom stereocenters. The van der Waals surface area contributed by atoms with Gasteiger partial charge in [0.2, 0.25) is 0 Å². The van der Waals surface area contributed by atoms with Gasteiger partial charge in [0.25, 0.3) is 0 Å². The van der Waals surface area contributed by atoms with Gasteiger partial charge in [0.15, 0.2) is 0 Å². The maximum Gasteiger partial charge on any atom is 0.328 e. The second-order valence-corrected chi connectivity index (χ2v) is 4.04. The van der Waals surface area contributed by atoms with E-state index in [2.05, 4.69) is 5.10 Å². The van der Waals surface area contributed by atoms with Gasteiger partial charge in [-0.15, -0.1) is 0 Å². The first-order valence-corrected chi connectivity index (χ1v) is 4.94. The van der Waals surface area contributed by atoms with Gasteiger partial charge in [-0.3, -0.25) is 4.68 Å². The van der Waals surface area contributed by atoms with Crippen LogP contribution >= 0.6 is 11.6 Å². The fourth-order valence-corrected chi connectivity index (χ4v) is 1.62. The minimum atomic E-state index is -0.897. The molecule has 5 heteroatoms. The van der Waals surface area contributed by atoms with Crippen LogP contribution in [0.5, 0.6) is 0 Å². The Morgan fingerprint density at radius 2 is 2.43 bits per heavy atom. The number of hydrogen-bond acceptors (Lipinski definition) is 2. The van der Waals surface area contributed by atoms with Crippen molar-refractivity contribution in [3.8, 4) is 0 Å². The van der Waals surface area contributed by atoms with Crippen molar-refractivity contribution in [3.05, 3.63) is 16.9 Å². The first-order valence-electron chi connectivity index (χ1n) is 4.57. The maximum absolute atomic E-state index is 10.7. The predicted molar refractivity (Wildman–Crippen MR) is 51.6 cm³/mol. The van der Waals surface area contributed by atoms with E-state index in [0.29, 0.717) is 10.9 Å². The molecule has 1 aromatic rings. The van der Waals surface area contributed by atoms with E-state index in [4.69, 9.17) is 16.7 Å². The summed E-state index contributed by atoms with van der Waals surface area (Å²) < 4.78 is 1.42. The Bertz CT molecular complexity index is 371. The lowest BCUT2D eigenvalue weighted by Crippen LogP contribution is -2.16. The van der Waals surface area contributed by atoms with Gasteiger partial charge in [-0.05, 0) is 19.8 Å². The minimum absolute atomic E-state index is 0.449. The molecule has 14 heavy (non-hydrogen) atoms. The number of carbonyl (C=O) groups is 1. The number of aromatic nitrogens is 2. The molecule has 0 unspecified atom stereocenters. The highest BCUT2D eigenvalue weighted by molar-refractivity contribution is 6.31. The van der Waals surface area contributed by atoms with Crippen LogP contribution in [0.3, 0.4) is 0 Å². The molecule has 0 bridgehead atoms. The quantitative estimate of drug-likeness (QED) is 0.838. The Labute approximate surface area is 86.5 Å². The Hall–Kier alpha value is -1.03. The van der Waals surface area contributed by atoms with Crippen LogP contribution in [-0.4, -0.2) is 20.9 Å². The summed E-state index contributed by atoms with van der Waals surface area (Å²) in [5.74, 6) is -0.448. The molecule has 1 aliphatic rings. The largest absolute Gasteiger partial charge is 0.480 e. The van der Waals surface area contributed by atoms with Crippen molar-refractivity contribution in [1.29, 1.82) is 0 Å². The van der Waals surface area contributed by atoms with Crippen LogP contribution in [-0.2, 0) is 4.79 Å². The van der Waals surface area contributed by atoms with Crippen LogP contribution in [0.4, 0.5) is 0 Å². The summed E-state index contributed by atoms with van der Waals surface area (Å²) >= 11 is 5.95. The number of rotatable bonds is 3. The molecule has 1 aliphatic carbocycles. The normalized spacial score (nSPS) is 18.1. The van der Waals surface area contributed by atoms with E-state index in [1.807, 2.05) is 0 Å². The summed E-state index contributed by atoms with van der Waals surface area (Å²) in [6.45, 7) is 1.59. The lowest BCUT2D eigenvalue weighted by atomic mass is 10.3. The van der Waals surface area contributed by atoms with Gasteiger partial charge in [0.05, 0.1) is 10.7 Å². The molecule has 4 nitrogen and oxygen atoms in total. The number of nitrogens with zero attached hydrogens (tertiary/aromatic N) is 2. The average molecular weight is 215 g/mol. The van der Waals surface area contributed by atoms with Gasteiger partial charge in [-0.2, -0.15) is 5.10 Å². The minimum Gasteiger partial charge on any atom is -0.480 e. The van der Waals surface area contributed by atoms with Crippen LogP contribution in [0.25, 0.3) is 0 Å². The van der Waals surface area contributed by atoms with Crippen molar-refractivity contribution in [2.24, 2.45) is 0 Å². The van der Waals surface area contributed by atoms with Crippen LogP contribution in [0, 0.1) is 0 Å². The Morgan fingerprint density at radius 1 is 1.79 bits per heavy atom. The Balaban J connectivity index is 2.27. The molecule has 76 valence electrons. The van der Waals surface area contributed by atoms with Gasteiger partial charge in [0, 0.05) is 12.1 Å². The summed E-state index contributed by atoms with van der Waals surface area (Å²) in [6, 6.07) is -0.653. The van der Waals surface area contributed by atoms with E-state index in [1.165, 1.54) is 4.68 Å². The molecule has 1 N–H and O–H groups in total. The van der Waals surface area contributed by atoms with Crippen LogP contribution in [0.1, 0.15) is 37.4 Å². The molecule has 1 fully saturated rings. The third-order valence-corrected chi connectivity index (χ3v) is 2.72. The molecular weight excluding hydrogens is 204 g/mol. The summed E-state index contributed by atoms with van der Waals surface area (Å²) in [7, 11) is 0. The molecular formula is C9H11ClN2O2. The number of carboxylic acid groups (broad SMARTS) is 1. The summed E-state index contributed by atoms with van der Waals surface area (Å²) in [5, 5.41) is 13.6. The standard InChI is InChI=1S/C9H11ClN2O2/c1-5(9(13)14)12-4-7(10)8(11-12)6-2-3-6/h4-6H,2-3H2,1H3,(H,13,14)/t5-/m0/s1. The zero-order valence-electron chi connectivity index (χ0n) is 7.77. The van der Waals surface area contributed by atoms with Crippen LogP contribution < -0.4 is 0 Å². The third-order valence-electron chi connectivity index (χ3n) is 2.43. The fraction of sp³-hybridized carbons (Fsp3) is 0.556. The van der Waals surface area contributed by atoms with Crippen molar-refractivity contribution in [3.63, 3.8) is 0 Å². The summed E-state index contributed by atoms with van der Waals surface area (Å²) in [6.07, 6.45) is 3.81. The number of hydrogen-bond donors (Lipinski definition) is 1. The highest BCUT2D eigenvalue weighted by Crippen LogP contribution is 2.42. The van der Waals surface area contributed by atoms with E-state index in [-0.39, 0.29) is 0 Å². The van der Waals surface area contributed by atoms with E-state index in [1.54, 1.807) is 13.1 Å². The van der Waals surface area contributed by atoms with Gasteiger partial charge >= 0.3 is 5.97 Å². The topological polar surface area (TPSA) is 55.1 Å². The lowest BCUT2D eigenvalue weighted by Gasteiger charge is -2.04. The zero-order valence-corrected chi connectivity index (χ0v) is 8.53. The van der Waals surface area contributed by atoms with Crippen LogP contribution in [0.2, 0.25) is 5.02 Å². The summed E-state index contributed by atoms with van der Waals surface area (Å²) in [4.78, 5) is 10.7. The number of carboxylic acids is 1. The van der Waals surface area contributed by atoms with Crippen molar-refractivity contribution >= 4 is 17.6 Å². The molecule has 1 aromatic heterocycles. The van der Waals surface area contributed by atoms with E-state index < -0.39 is 12.0 Å². The molecule has 2 rings (SSSR count). The van der Waals surface area contributed by atoms with E-state index in [9.17, 15) is 4.79 Å². The zero-order chi connectivity index (χ0) is 10.3. The number of halogens is 1. The average Bonchev–Trinajstić information content (AvgIpc) is 2.89. The van der Waals surface area contributed by atoms with Gasteiger partial charge in [-0.25, -0.2) is 4.79 Å². The molecule has 0 radical (unpaired) electrons. The van der Waals surface area contributed by atoms with Gasteiger partial charge in [-0.1, -0.05) is 11.6 Å². The molecule has 0 amide bonds. The van der Waals surface area contributed by atoms with Gasteiger partial charge < -0.3 is 5.11 Å². The maximum atomic E-state index is 10.7. The molecule has 0 aromatic carbocycles. The molecule has 0 spiro atoms. The van der Waals surface area contributed by atoms with E-state index in [0.717, 1.165) is 18.5 Å². The second kappa shape index (κ2) is 3.28. The Morgan fingerprint density at radius 3 is 2.93 bits per heavy atom. The highest BCUT2D eigenvalue weighted by atomic mass is 35.5. The van der Waals surface area contributed by atoms with Gasteiger partial charge in [0.1, 0.15) is 6.04 Å². The van der Waals surface area contributed by atoms with Crippen LogP contribution in [0.15, 0.2) is 6.20 Å². The predicted octanol–water partition coefficient (Wildman–Crippen LogP) is 2.06. The van der Waals surface area contributed by atoms with Crippen molar-refractivity contribution in [1.82, 2.24) is 9.78 Å². The first kappa shape index (κ1) is 9.52. The molecule has 1 heterocycles. The smallest absolute Gasteiger partial charge is 0.328 e. The Kier molecular flexibility index (Phi) is 2.23. The molecule has 0 saturated heterocycles. The molecule has 1 saturated carbocycles. The monoisotopic (exact) mass is 214 g/mol. The number of aliphatic carboxylic acids is 1. The van der Waals surface area contributed by atoms with Crippen molar-refractivity contribution in [2.45, 2.75) is 31.7 Å². The third kappa shape index (κ3) is 1.62. The van der Waals surface area contributed by atoms with Crippen molar-refractivity contribution in [2.75, 3.05) is 0 Å². The highest BCUT2D eigenvalue weighted by Gasteiger charge is 2.29. The van der Waals surface area contributed by atoms with Crippen molar-refractivity contribution < 1.29 is 9.90 Å². The first-order chi connectivity index (χ1) is 6.59. The summed E-state index contributed by atoms with van der Waals surface area (Å²) in [5.41, 5.74) is 0.847. The van der Waals surface area contributed by atoms with E-state index >= 15 is 0 Å². The second-order valence-electron chi connectivity index (χ2n) is 3.63. The molecule has 0 aliphatic heterocycles. The SMILES string of the molecule is C[C@@H](C(=O)O)n1cc(Cl)c(C2CC2)n1. The fourth-order valence-electron chi connectivity index (χ4n) is 1.33.